The number of nitrogens with one attached hydrogen (secondary N) is 3. The maximum atomic E-state index is 13.7. The van der Waals surface area contributed by atoms with Crippen LogP contribution in [0.2, 0.25) is 5.15 Å². The molecular formula is C23H22ClF6N5O6S. The minimum Gasteiger partial charge on any atom is -0.488 e. The number of halogens is 7. The normalized spacial score (nSPS) is 20.6. The molecule has 1 spiro atoms. The fourth-order valence-corrected chi connectivity index (χ4v) is 6.64. The van der Waals surface area contributed by atoms with Gasteiger partial charge in [0.15, 0.2) is 16.3 Å². The van der Waals surface area contributed by atoms with Crippen LogP contribution in [0.3, 0.4) is 0 Å². The first-order valence-electron chi connectivity index (χ1n) is 12.0. The predicted molar refractivity (Wildman–Crippen MR) is 133 cm³/mol. The lowest BCUT2D eigenvalue weighted by Crippen LogP contribution is -2.55. The topological polar surface area (TPSA) is 139 Å². The van der Waals surface area contributed by atoms with Crippen molar-refractivity contribution in [2.24, 2.45) is 7.05 Å². The van der Waals surface area contributed by atoms with Gasteiger partial charge in [-0.1, -0.05) is 11.6 Å². The molecule has 11 nitrogen and oxygen atoms in total. The summed E-state index contributed by atoms with van der Waals surface area (Å²) in [4.78, 5) is 38.0. The number of anilines is 1. The van der Waals surface area contributed by atoms with E-state index in [2.05, 4.69) is 10.0 Å². The van der Waals surface area contributed by atoms with Crippen LogP contribution >= 0.6 is 11.6 Å². The van der Waals surface area contributed by atoms with E-state index in [0.29, 0.717) is 19.1 Å². The number of alkyl halides is 5. The summed E-state index contributed by atoms with van der Waals surface area (Å²) in [6, 6.07) is 0.0996. The van der Waals surface area contributed by atoms with Crippen LogP contribution in [0, 0.1) is 5.82 Å². The smallest absolute Gasteiger partial charge is 0.408 e. The lowest BCUT2D eigenvalue weighted by atomic mass is 10.0. The van der Waals surface area contributed by atoms with E-state index in [4.69, 9.17) is 16.3 Å². The van der Waals surface area contributed by atoms with Crippen molar-refractivity contribution in [2.45, 2.75) is 42.4 Å². The zero-order chi connectivity index (χ0) is 31.4. The highest BCUT2D eigenvalue weighted by atomic mass is 35.5. The quantitative estimate of drug-likeness (QED) is 0.345. The molecule has 42 heavy (non-hydrogen) atoms. The van der Waals surface area contributed by atoms with E-state index < -0.39 is 98.0 Å². The Morgan fingerprint density at radius 2 is 1.88 bits per heavy atom. The number of carbonyl (C=O) groups excluding carboxylic acids is 3. The molecule has 1 aromatic heterocycles. The SMILES string of the molecule is C[C@@H](NC(=O)C(=O)N1CC[C@@]2(COc3c(c(Cl)n(C)c3C(=O)Nc3ccc(F)c(C(F)F)c3)S(=O)(=O)N2)C1)C(F)(F)F. The molecular weight excluding hydrogens is 624 g/mol. The molecule has 4 rings (SSSR count). The van der Waals surface area contributed by atoms with Gasteiger partial charge >= 0.3 is 18.0 Å². The van der Waals surface area contributed by atoms with Crippen LogP contribution < -0.4 is 20.1 Å². The van der Waals surface area contributed by atoms with Crippen molar-refractivity contribution < 1.29 is 53.9 Å². The zero-order valence-corrected chi connectivity index (χ0v) is 23.2. The molecule has 1 saturated heterocycles. The first-order chi connectivity index (χ1) is 19.4. The van der Waals surface area contributed by atoms with Gasteiger partial charge in [-0.3, -0.25) is 14.4 Å². The summed E-state index contributed by atoms with van der Waals surface area (Å²) in [6.45, 7) is -0.558. The summed E-state index contributed by atoms with van der Waals surface area (Å²) in [5.41, 5.74) is -3.22. The van der Waals surface area contributed by atoms with Crippen LogP contribution in [0.15, 0.2) is 23.1 Å². The van der Waals surface area contributed by atoms with Gasteiger partial charge in [0, 0.05) is 25.8 Å². The summed E-state index contributed by atoms with van der Waals surface area (Å²) in [7, 11) is -3.36. The predicted octanol–water partition coefficient (Wildman–Crippen LogP) is 2.72. The van der Waals surface area contributed by atoms with Crippen molar-refractivity contribution >= 4 is 45.0 Å². The van der Waals surface area contributed by atoms with Gasteiger partial charge in [-0.25, -0.2) is 21.6 Å². The fraction of sp³-hybridized carbons (Fsp3) is 0.435. The first kappa shape index (κ1) is 31.4. The van der Waals surface area contributed by atoms with Gasteiger partial charge in [-0.2, -0.15) is 17.9 Å². The molecule has 1 fully saturated rings. The molecule has 2 aliphatic rings. The molecule has 2 atom stereocenters. The number of aromatic nitrogens is 1. The Labute approximate surface area is 239 Å². The molecule has 3 amide bonds. The largest absolute Gasteiger partial charge is 0.488 e. The maximum absolute atomic E-state index is 13.7. The molecule has 0 aliphatic carbocycles. The lowest BCUT2D eigenvalue weighted by molar-refractivity contribution is -0.162. The number of hydrogen-bond donors (Lipinski definition) is 3. The van der Waals surface area contributed by atoms with E-state index in [9.17, 15) is 49.1 Å². The highest BCUT2D eigenvalue weighted by Crippen LogP contribution is 2.41. The number of fused-ring (bicyclic) bond motifs is 1. The van der Waals surface area contributed by atoms with Crippen LogP contribution in [0.25, 0.3) is 0 Å². The van der Waals surface area contributed by atoms with Crippen LogP contribution in [0.4, 0.5) is 32.0 Å². The molecule has 19 heteroatoms. The number of hydrogen-bond acceptors (Lipinski definition) is 6. The van der Waals surface area contributed by atoms with E-state index in [1.165, 1.54) is 7.05 Å². The van der Waals surface area contributed by atoms with Crippen LogP contribution in [0.5, 0.6) is 5.75 Å². The molecule has 0 radical (unpaired) electrons. The Bertz CT molecular complexity index is 1570. The molecule has 3 heterocycles. The van der Waals surface area contributed by atoms with Gasteiger partial charge in [0.25, 0.3) is 12.3 Å². The van der Waals surface area contributed by atoms with Gasteiger partial charge in [0.1, 0.15) is 23.6 Å². The van der Waals surface area contributed by atoms with Crippen molar-refractivity contribution in [3.8, 4) is 5.75 Å². The Balaban J connectivity index is 1.58. The summed E-state index contributed by atoms with van der Waals surface area (Å²) in [5.74, 6) is -5.64. The summed E-state index contributed by atoms with van der Waals surface area (Å²) in [6.07, 6.45) is -8.11. The van der Waals surface area contributed by atoms with E-state index in [1.54, 1.807) is 5.32 Å². The number of amides is 3. The van der Waals surface area contributed by atoms with Crippen LogP contribution in [0.1, 0.15) is 35.8 Å². The number of benzene rings is 1. The monoisotopic (exact) mass is 645 g/mol. The molecule has 0 saturated carbocycles. The highest BCUT2D eigenvalue weighted by Gasteiger charge is 2.50. The minimum absolute atomic E-state index is 0.123. The summed E-state index contributed by atoms with van der Waals surface area (Å²) < 4.78 is 114. The lowest BCUT2D eigenvalue weighted by Gasteiger charge is -2.27. The van der Waals surface area contributed by atoms with Crippen molar-refractivity contribution in [1.29, 1.82) is 0 Å². The third-order valence-electron chi connectivity index (χ3n) is 6.73. The van der Waals surface area contributed by atoms with E-state index in [1.807, 2.05) is 0 Å². The second-order valence-corrected chi connectivity index (χ2v) is 11.7. The van der Waals surface area contributed by atoms with Gasteiger partial charge in [0.2, 0.25) is 10.0 Å². The standard InChI is InChI=1S/C23H22ClF6N5O6S/c1-10(23(28,29)30)31-20(37)21(38)35-6-5-22(8-35)9-41-15-14(34(2)17(24)16(15)42(39,40)33-22)19(36)32-11-3-4-13(25)12(7-11)18(26)27/h3-4,7,10,18,33H,5-6,8-9H2,1-2H3,(H,31,37)(H,32,36)/t10-,22+/m1/s1. The molecule has 0 bridgehead atoms. The number of nitrogens with zero attached hydrogens (tertiary/aromatic N) is 2. The van der Waals surface area contributed by atoms with Crippen LogP contribution in [-0.2, 0) is 26.7 Å². The number of rotatable bonds is 4. The van der Waals surface area contributed by atoms with Crippen molar-refractivity contribution in [2.75, 3.05) is 25.0 Å². The zero-order valence-electron chi connectivity index (χ0n) is 21.6. The second kappa shape index (κ2) is 11.0. The van der Waals surface area contributed by atoms with Crippen LogP contribution in [-0.4, -0.2) is 73.1 Å². The van der Waals surface area contributed by atoms with E-state index in [-0.39, 0.29) is 18.7 Å². The molecule has 3 N–H and O–H groups in total. The summed E-state index contributed by atoms with van der Waals surface area (Å²) >= 11 is 6.25. The minimum atomic E-state index is -4.80. The van der Waals surface area contributed by atoms with Gasteiger partial charge < -0.3 is 24.8 Å². The fourth-order valence-electron chi connectivity index (χ4n) is 4.51. The number of ether oxygens (including phenoxy) is 1. The highest BCUT2D eigenvalue weighted by molar-refractivity contribution is 7.89. The maximum Gasteiger partial charge on any atom is 0.408 e. The molecule has 2 aromatic rings. The van der Waals surface area contributed by atoms with Crippen molar-refractivity contribution in [3.05, 3.63) is 40.4 Å². The number of sulfonamides is 1. The molecule has 2 aliphatic heterocycles. The Kier molecular flexibility index (Phi) is 8.20. The van der Waals surface area contributed by atoms with E-state index in [0.717, 1.165) is 15.5 Å². The third kappa shape index (κ3) is 5.87. The number of likely N-dealkylation sites (tertiary alicyclic amines) is 1. The average Bonchev–Trinajstić information content (AvgIpc) is 3.37. The molecule has 230 valence electrons. The third-order valence-corrected chi connectivity index (χ3v) is 8.90. The van der Waals surface area contributed by atoms with Crippen molar-refractivity contribution in [3.63, 3.8) is 0 Å². The van der Waals surface area contributed by atoms with Crippen molar-refractivity contribution in [1.82, 2.24) is 19.5 Å². The Morgan fingerprint density at radius 3 is 2.50 bits per heavy atom. The Hall–Kier alpha value is -3.51. The first-order valence-corrected chi connectivity index (χ1v) is 13.8. The van der Waals surface area contributed by atoms with Gasteiger partial charge in [-0.15, -0.1) is 0 Å². The number of carbonyl (C=O) groups is 3. The second-order valence-electron chi connectivity index (χ2n) is 9.74. The van der Waals surface area contributed by atoms with E-state index >= 15 is 0 Å². The average molecular weight is 646 g/mol. The summed E-state index contributed by atoms with van der Waals surface area (Å²) in [5, 5.41) is 3.33. The molecule has 1 aromatic carbocycles. The Morgan fingerprint density at radius 1 is 1.21 bits per heavy atom. The van der Waals surface area contributed by atoms with Gasteiger partial charge in [0.05, 0.1) is 11.1 Å². The van der Waals surface area contributed by atoms with Gasteiger partial charge in [-0.05, 0) is 31.5 Å². The molecule has 0 unspecified atom stereocenters.